The number of hydrogen-bond acceptors (Lipinski definition) is 4. The van der Waals surface area contributed by atoms with Gasteiger partial charge in [-0.2, -0.15) is 0 Å². The Morgan fingerprint density at radius 1 is 1.25 bits per heavy atom. The van der Waals surface area contributed by atoms with Gasteiger partial charge in [0.1, 0.15) is 5.75 Å². The number of esters is 1. The molecule has 0 saturated carbocycles. The molecular formula is C14H19N2O4+. The number of methoxy groups -OCH3 is 2. The molecule has 0 spiro atoms. The molecule has 1 aromatic carbocycles. The van der Waals surface area contributed by atoms with Crippen LogP contribution in [-0.4, -0.2) is 56.7 Å². The summed E-state index contributed by atoms with van der Waals surface area (Å²) in [4.78, 5) is 25.6. The van der Waals surface area contributed by atoms with Crippen LogP contribution in [0.3, 0.4) is 0 Å². The number of quaternary nitrogens is 1. The monoisotopic (exact) mass is 279 g/mol. The molecule has 108 valence electrons. The molecule has 2 N–H and O–H groups in total. The molecule has 20 heavy (non-hydrogen) atoms. The number of carbonyl (C=O) groups is 2. The van der Waals surface area contributed by atoms with Crippen molar-refractivity contribution in [3.05, 3.63) is 29.8 Å². The van der Waals surface area contributed by atoms with Crippen LogP contribution in [0.2, 0.25) is 0 Å². The van der Waals surface area contributed by atoms with E-state index in [1.54, 1.807) is 36.3 Å². The predicted molar refractivity (Wildman–Crippen MR) is 71.5 cm³/mol. The van der Waals surface area contributed by atoms with Crippen molar-refractivity contribution in [1.82, 2.24) is 4.90 Å². The Kier molecular flexibility index (Phi) is 4.57. The number of hydrogen-bond donors (Lipinski definition) is 1. The highest BCUT2D eigenvalue weighted by Gasteiger charge is 2.32. The molecule has 1 aliphatic rings. The van der Waals surface area contributed by atoms with Crippen molar-refractivity contribution in [3.63, 3.8) is 0 Å². The van der Waals surface area contributed by atoms with Gasteiger partial charge in [0, 0.05) is 5.56 Å². The zero-order chi connectivity index (χ0) is 14.5. The highest BCUT2D eigenvalue weighted by atomic mass is 16.5. The largest absolute Gasteiger partial charge is 0.497 e. The molecular weight excluding hydrogens is 260 g/mol. The second-order valence-corrected chi connectivity index (χ2v) is 4.63. The number of nitrogens with two attached hydrogens (primary N) is 1. The van der Waals surface area contributed by atoms with E-state index in [-0.39, 0.29) is 17.9 Å². The molecule has 0 aliphatic carbocycles. The maximum atomic E-state index is 12.4. The Morgan fingerprint density at radius 3 is 2.55 bits per heavy atom. The van der Waals surface area contributed by atoms with E-state index in [0.717, 1.165) is 0 Å². The third-order valence-corrected chi connectivity index (χ3v) is 3.40. The van der Waals surface area contributed by atoms with Crippen LogP contribution in [0.25, 0.3) is 0 Å². The number of piperazine rings is 1. The summed E-state index contributed by atoms with van der Waals surface area (Å²) in [7, 11) is 2.94. The van der Waals surface area contributed by atoms with Gasteiger partial charge < -0.3 is 19.7 Å². The van der Waals surface area contributed by atoms with Crippen LogP contribution in [0.1, 0.15) is 10.4 Å². The number of rotatable bonds is 3. The van der Waals surface area contributed by atoms with Crippen LogP contribution in [0.5, 0.6) is 5.75 Å². The minimum atomic E-state index is -0.337. The molecule has 0 radical (unpaired) electrons. The number of benzene rings is 1. The maximum Gasteiger partial charge on any atom is 0.366 e. The van der Waals surface area contributed by atoms with Gasteiger partial charge >= 0.3 is 5.97 Å². The molecule has 6 heteroatoms. The molecule has 0 aromatic heterocycles. The first kappa shape index (κ1) is 14.3. The maximum absolute atomic E-state index is 12.4. The number of carbonyl (C=O) groups excluding carboxylic acids is 2. The van der Waals surface area contributed by atoms with E-state index < -0.39 is 0 Å². The molecule has 1 heterocycles. The number of ether oxygens (including phenoxy) is 2. The van der Waals surface area contributed by atoms with Crippen molar-refractivity contribution >= 4 is 11.9 Å². The van der Waals surface area contributed by atoms with Crippen molar-refractivity contribution in [3.8, 4) is 5.75 Å². The summed E-state index contributed by atoms with van der Waals surface area (Å²) in [6.45, 7) is 1.69. The molecule has 0 bridgehead atoms. The highest BCUT2D eigenvalue weighted by Crippen LogP contribution is 2.13. The fourth-order valence-corrected chi connectivity index (χ4v) is 2.26. The van der Waals surface area contributed by atoms with Crippen molar-refractivity contribution < 1.29 is 24.4 Å². The van der Waals surface area contributed by atoms with Crippen molar-refractivity contribution in [2.24, 2.45) is 0 Å². The third-order valence-electron chi connectivity index (χ3n) is 3.40. The van der Waals surface area contributed by atoms with E-state index in [9.17, 15) is 9.59 Å². The summed E-state index contributed by atoms with van der Waals surface area (Å²) >= 11 is 0. The van der Waals surface area contributed by atoms with Crippen LogP contribution < -0.4 is 10.1 Å². The van der Waals surface area contributed by atoms with E-state index in [4.69, 9.17) is 9.47 Å². The molecule has 2 rings (SSSR count). The summed E-state index contributed by atoms with van der Waals surface area (Å²) in [6.07, 6.45) is 0. The minimum absolute atomic E-state index is 0.0744. The van der Waals surface area contributed by atoms with Gasteiger partial charge in [0.15, 0.2) is 0 Å². The lowest BCUT2D eigenvalue weighted by Gasteiger charge is -2.29. The first-order chi connectivity index (χ1) is 9.65. The quantitative estimate of drug-likeness (QED) is 0.739. The van der Waals surface area contributed by atoms with E-state index in [0.29, 0.717) is 30.9 Å². The lowest BCUT2D eigenvalue weighted by molar-refractivity contribution is -0.685. The SMILES string of the molecule is COC(=O)[C@H]1CN(C(=O)c2ccc(OC)cc2)CC[NH2+]1. The van der Waals surface area contributed by atoms with E-state index in [1.165, 1.54) is 7.11 Å². The van der Waals surface area contributed by atoms with E-state index >= 15 is 0 Å². The second-order valence-electron chi connectivity index (χ2n) is 4.63. The van der Waals surface area contributed by atoms with Gasteiger partial charge in [0.05, 0.1) is 33.9 Å². The molecule has 1 amide bonds. The topological polar surface area (TPSA) is 72.5 Å². The molecule has 1 atom stereocenters. The zero-order valence-electron chi connectivity index (χ0n) is 11.7. The molecule has 1 fully saturated rings. The van der Waals surface area contributed by atoms with Gasteiger partial charge in [-0.25, -0.2) is 4.79 Å². The standard InChI is InChI=1S/C14H18N2O4/c1-19-11-5-3-10(4-6-11)13(17)16-8-7-15-12(9-16)14(18)20-2/h3-6,12,15H,7-9H2,1-2H3/p+1/t12-/m1/s1. The lowest BCUT2D eigenvalue weighted by atomic mass is 10.1. The summed E-state index contributed by atoms with van der Waals surface area (Å²) < 4.78 is 9.80. The van der Waals surface area contributed by atoms with Gasteiger partial charge in [-0.15, -0.1) is 0 Å². The Balaban J connectivity index is 2.05. The molecule has 6 nitrogen and oxygen atoms in total. The molecule has 0 unspecified atom stereocenters. The average Bonchev–Trinajstić information content (AvgIpc) is 2.53. The highest BCUT2D eigenvalue weighted by molar-refractivity contribution is 5.94. The Morgan fingerprint density at radius 2 is 1.95 bits per heavy atom. The second kappa shape index (κ2) is 6.38. The van der Waals surface area contributed by atoms with E-state index in [2.05, 4.69) is 0 Å². The Hall–Kier alpha value is -2.08. The first-order valence-electron chi connectivity index (χ1n) is 6.50. The van der Waals surface area contributed by atoms with Crippen molar-refractivity contribution in [2.45, 2.75) is 6.04 Å². The van der Waals surface area contributed by atoms with Gasteiger partial charge in [0.25, 0.3) is 5.91 Å². The van der Waals surface area contributed by atoms with Gasteiger partial charge in [-0.05, 0) is 24.3 Å². The van der Waals surface area contributed by atoms with E-state index in [1.807, 2.05) is 5.32 Å². The van der Waals surface area contributed by atoms with Crippen LogP contribution in [0, 0.1) is 0 Å². The minimum Gasteiger partial charge on any atom is -0.497 e. The summed E-state index contributed by atoms with van der Waals surface area (Å²) in [6, 6.07) is 6.62. The lowest BCUT2D eigenvalue weighted by Crippen LogP contribution is -2.97. The Bertz CT molecular complexity index is 486. The van der Waals surface area contributed by atoms with Crippen LogP contribution in [-0.2, 0) is 9.53 Å². The first-order valence-corrected chi connectivity index (χ1v) is 6.50. The van der Waals surface area contributed by atoms with Crippen molar-refractivity contribution in [2.75, 3.05) is 33.9 Å². The predicted octanol–water partition coefficient (Wildman–Crippen LogP) is -0.744. The molecule has 1 aliphatic heterocycles. The van der Waals surface area contributed by atoms with Crippen molar-refractivity contribution in [1.29, 1.82) is 0 Å². The van der Waals surface area contributed by atoms with Crippen LogP contribution >= 0.6 is 0 Å². The Labute approximate surface area is 117 Å². The molecule has 1 aromatic rings. The normalized spacial score (nSPS) is 18.5. The number of nitrogens with zero attached hydrogens (tertiary/aromatic N) is 1. The third kappa shape index (κ3) is 3.08. The zero-order valence-corrected chi connectivity index (χ0v) is 11.7. The van der Waals surface area contributed by atoms with Gasteiger partial charge in [-0.3, -0.25) is 4.79 Å². The summed E-state index contributed by atoms with van der Waals surface area (Å²) in [5, 5.41) is 1.91. The fraction of sp³-hybridized carbons (Fsp3) is 0.429. The van der Waals surface area contributed by atoms with Gasteiger partial charge in [0.2, 0.25) is 6.04 Å². The van der Waals surface area contributed by atoms with Crippen LogP contribution in [0.4, 0.5) is 0 Å². The average molecular weight is 279 g/mol. The van der Waals surface area contributed by atoms with Gasteiger partial charge in [-0.1, -0.05) is 0 Å². The molecule has 1 saturated heterocycles. The fourth-order valence-electron chi connectivity index (χ4n) is 2.26. The summed E-state index contributed by atoms with van der Waals surface area (Å²) in [5.74, 6) is 0.341. The smallest absolute Gasteiger partial charge is 0.366 e. The number of amides is 1. The summed E-state index contributed by atoms with van der Waals surface area (Å²) in [5.41, 5.74) is 0.594. The van der Waals surface area contributed by atoms with Crippen LogP contribution in [0.15, 0.2) is 24.3 Å².